The first-order chi connectivity index (χ1) is 8.33. The Bertz CT molecular complexity index is 600. The fourth-order valence-corrected chi connectivity index (χ4v) is 2.82. The standard InChI is InChI=1S/C15H14N2/c1-11-13(10-16)15(12-6-3-2-4-7-12)14-8-5-9-17(11)14/h2-4,6-7H,5,8-9H2,1H3. The van der Waals surface area contributed by atoms with Gasteiger partial charge in [0, 0.05) is 23.5 Å². The lowest BCUT2D eigenvalue weighted by molar-refractivity contribution is 0.728. The van der Waals surface area contributed by atoms with Crippen molar-refractivity contribution in [1.82, 2.24) is 4.57 Å². The Morgan fingerprint density at radius 1 is 1.24 bits per heavy atom. The van der Waals surface area contributed by atoms with Gasteiger partial charge in [0.05, 0.1) is 5.56 Å². The summed E-state index contributed by atoms with van der Waals surface area (Å²) in [6.07, 6.45) is 2.29. The van der Waals surface area contributed by atoms with E-state index in [1.807, 2.05) is 18.2 Å². The van der Waals surface area contributed by atoms with Gasteiger partial charge in [0.2, 0.25) is 0 Å². The second kappa shape index (κ2) is 3.78. The predicted octanol–water partition coefficient (Wildman–Crippen LogP) is 3.28. The third kappa shape index (κ3) is 1.39. The highest BCUT2D eigenvalue weighted by atomic mass is 15.0. The molecule has 2 aromatic rings. The molecule has 0 spiro atoms. The van der Waals surface area contributed by atoms with E-state index in [1.165, 1.54) is 17.7 Å². The van der Waals surface area contributed by atoms with Crippen molar-refractivity contribution in [2.24, 2.45) is 0 Å². The molecule has 1 aromatic carbocycles. The van der Waals surface area contributed by atoms with Gasteiger partial charge in [-0.05, 0) is 25.3 Å². The number of aromatic nitrogens is 1. The fraction of sp³-hybridized carbons (Fsp3) is 0.267. The maximum atomic E-state index is 9.35. The smallest absolute Gasteiger partial charge is 0.102 e. The summed E-state index contributed by atoms with van der Waals surface area (Å²) in [7, 11) is 0. The molecule has 0 saturated heterocycles. The zero-order valence-electron chi connectivity index (χ0n) is 9.90. The molecule has 0 aliphatic carbocycles. The van der Waals surface area contributed by atoms with Crippen molar-refractivity contribution in [3.8, 4) is 17.2 Å². The molecule has 0 atom stereocenters. The average molecular weight is 222 g/mol. The predicted molar refractivity (Wildman–Crippen MR) is 67.6 cm³/mol. The van der Waals surface area contributed by atoms with Crippen LogP contribution in [0.5, 0.6) is 0 Å². The summed E-state index contributed by atoms with van der Waals surface area (Å²) < 4.78 is 2.31. The van der Waals surface area contributed by atoms with Gasteiger partial charge in [-0.3, -0.25) is 0 Å². The Kier molecular flexibility index (Phi) is 2.26. The van der Waals surface area contributed by atoms with E-state index in [0.717, 1.165) is 29.8 Å². The lowest BCUT2D eigenvalue weighted by Crippen LogP contribution is -1.94. The molecule has 1 aliphatic rings. The lowest BCUT2D eigenvalue weighted by atomic mass is 9.99. The number of hydrogen-bond acceptors (Lipinski definition) is 1. The van der Waals surface area contributed by atoms with Crippen molar-refractivity contribution in [1.29, 1.82) is 5.26 Å². The summed E-state index contributed by atoms with van der Waals surface area (Å²) in [4.78, 5) is 0. The van der Waals surface area contributed by atoms with Gasteiger partial charge in [-0.25, -0.2) is 0 Å². The van der Waals surface area contributed by atoms with Crippen LogP contribution in [0, 0.1) is 18.3 Å². The SMILES string of the molecule is Cc1c(C#N)c(-c2ccccc2)c2n1CCC2. The molecule has 84 valence electrons. The van der Waals surface area contributed by atoms with E-state index in [4.69, 9.17) is 0 Å². The van der Waals surface area contributed by atoms with Gasteiger partial charge in [0.1, 0.15) is 6.07 Å². The Labute approximate surface area is 101 Å². The third-order valence-electron chi connectivity index (χ3n) is 3.60. The van der Waals surface area contributed by atoms with E-state index >= 15 is 0 Å². The second-order valence-electron chi connectivity index (χ2n) is 4.52. The zero-order valence-corrected chi connectivity index (χ0v) is 9.90. The van der Waals surface area contributed by atoms with Crippen LogP contribution in [0.2, 0.25) is 0 Å². The van der Waals surface area contributed by atoms with Crippen LogP contribution in [0.1, 0.15) is 23.4 Å². The number of hydrogen-bond donors (Lipinski definition) is 0. The number of nitriles is 1. The quantitative estimate of drug-likeness (QED) is 0.728. The largest absolute Gasteiger partial charge is 0.347 e. The number of rotatable bonds is 1. The van der Waals surface area contributed by atoms with Gasteiger partial charge >= 0.3 is 0 Å². The second-order valence-corrected chi connectivity index (χ2v) is 4.52. The van der Waals surface area contributed by atoms with E-state index in [9.17, 15) is 5.26 Å². The minimum absolute atomic E-state index is 0.853. The molecule has 0 radical (unpaired) electrons. The molecule has 0 unspecified atom stereocenters. The van der Waals surface area contributed by atoms with E-state index in [2.05, 4.69) is 29.7 Å². The van der Waals surface area contributed by atoms with Crippen LogP contribution in [0.15, 0.2) is 30.3 Å². The zero-order chi connectivity index (χ0) is 11.8. The molecule has 0 N–H and O–H groups in total. The van der Waals surface area contributed by atoms with E-state index in [1.54, 1.807) is 0 Å². The number of nitrogens with zero attached hydrogens (tertiary/aromatic N) is 2. The van der Waals surface area contributed by atoms with Gasteiger partial charge in [-0.1, -0.05) is 30.3 Å². The highest BCUT2D eigenvalue weighted by molar-refractivity contribution is 5.75. The summed E-state index contributed by atoms with van der Waals surface area (Å²) >= 11 is 0. The molecule has 0 fully saturated rings. The van der Waals surface area contributed by atoms with E-state index in [0.29, 0.717) is 0 Å². The summed E-state index contributed by atoms with van der Waals surface area (Å²) in [5.74, 6) is 0. The van der Waals surface area contributed by atoms with Crippen molar-refractivity contribution < 1.29 is 0 Å². The fourth-order valence-electron chi connectivity index (χ4n) is 2.82. The van der Waals surface area contributed by atoms with Crippen molar-refractivity contribution in [3.63, 3.8) is 0 Å². The van der Waals surface area contributed by atoms with Crippen LogP contribution in [-0.2, 0) is 13.0 Å². The number of fused-ring (bicyclic) bond motifs is 1. The van der Waals surface area contributed by atoms with E-state index < -0.39 is 0 Å². The van der Waals surface area contributed by atoms with Gasteiger partial charge in [-0.2, -0.15) is 5.26 Å². The summed E-state index contributed by atoms with van der Waals surface area (Å²) in [6.45, 7) is 3.11. The van der Waals surface area contributed by atoms with Crippen molar-refractivity contribution in [2.75, 3.05) is 0 Å². The van der Waals surface area contributed by atoms with Gasteiger partial charge in [0.15, 0.2) is 0 Å². The first kappa shape index (κ1) is 10.2. The average Bonchev–Trinajstić information content (AvgIpc) is 2.92. The molecular weight excluding hydrogens is 208 g/mol. The molecule has 0 saturated carbocycles. The molecule has 0 amide bonds. The van der Waals surface area contributed by atoms with Crippen LogP contribution >= 0.6 is 0 Å². The Balaban J connectivity index is 2.30. The maximum absolute atomic E-state index is 9.35. The third-order valence-corrected chi connectivity index (χ3v) is 3.60. The van der Waals surface area contributed by atoms with Crippen LogP contribution in [0.25, 0.3) is 11.1 Å². The Morgan fingerprint density at radius 3 is 2.71 bits per heavy atom. The molecule has 2 heterocycles. The summed E-state index contributed by atoms with van der Waals surface area (Å²) in [6, 6.07) is 12.6. The Morgan fingerprint density at radius 2 is 2.00 bits per heavy atom. The topological polar surface area (TPSA) is 28.7 Å². The molecule has 2 nitrogen and oxygen atoms in total. The van der Waals surface area contributed by atoms with Gasteiger partial charge < -0.3 is 4.57 Å². The highest BCUT2D eigenvalue weighted by Crippen LogP contribution is 2.35. The van der Waals surface area contributed by atoms with Crippen LogP contribution in [0.3, 0.4) is 0 Å². The number of benzene rings is 1. The summed E-state index contributed by atoms with van der Waals surface area (Å²) in [5, 5.41) is 9.35. The van der Waals surface area contributed by atoms with Crippen LogP contribution in [0.4, 0.5) is 0 Å². The minimum Gasteiger partial charge on any atom is -0.347 e. The van der Waals surface area contributed by atoms with Crippen molar-refractivity contribution >= 4 is 0 Å². The van der Waals surface area contributed by atoms with Crippen LogP contribution in [-0.4, -0.2) is 4.57 Å². The molecular formula is C15H14N2. The van der Waals surface area contributed by atoms with Crippen molar-refractivity contribution in [2.45, 2.75) is 26.3 Å². The van der Waals surface area contributed by atoms with Gasteiger partial charge in [-0.15, -0.1) is 0 Å². The molecule has 1 aliphatic heterocycles. The monoisotopic (exact) mass is 222 g/mol. The first-order valence-corrected chi connectivity index (χ1v) is 6.00. The minimum atomic E-state index is 0.853. The lowest BCUT2D eigenvalue weighted by Gasteiger charge is -2.02. The molecule has 0 bridgehead atoms. The first-order valence-electron chi connectivity index (χ1n) is 6.00. The van der Waals surface area contributed by atoms with E-state index in [-0.39, 0.29) is 0 Å². The molecule has 2 heteroatoms. The highest BCUT2D eigenvalue weighted by Gasteiger charge is 2.24. The molecule has 3 rings (SSSR count). The molecule has 17 heavy (non-hydrogen) atoms. The normalized spacial score (nSPS) is 13.4. The maximum Gasteiger partial charge on any atom is 0.102 e. The summed E-state index contributed by atoms with van der Waals surface area (Å²) in [5.41, 5.74) is 5.64. The molecule has 1 aromatic heterocycles. The Hall–Kier alpha value is -2.01. The van der Waals surface area contributed by atoms with Crippen LogP contribution < -0.4 is 0 Å². The van der Waals surface area contributed by atoms with Gasteiger partial charge in [0.25, 0.3) is 0 Å². The van der Waals surface area contributed by atoms with Crippen molar-refractivity contribution in [3.05, 3.63) is 47.3 Å².